The molecule has 3 rings (SSSR count). The minimum absolute atomic E-state index is 0.706. The van der Waals surface area contributed by atoms with Crippen molar-refractivity contribution in [2.24, 2.45) is 0 Å². The van der Waals surface area contributed by atoms with Gasteiger partial charge in [-0.15, -0.1) is 0 Å². The number of benzene rings is 1. The summed E-state index contributed by atoms with van der Waals surface area (Å²) in [6, 6.07) is 8.44. The molecule has 20 heavy (non-hydrogen) atoms. The van der Waals surface area contributed by atoms with Crippen LogP contribution in [0.25, 0.3) is 0 Å². The van der Waals surface area contributed by atoms with Crippen LogP contribution in [0.4, 0.5) is 5.69 Å². The average molecular weight is 405 g/mol. The Morgan fingerprint density at radius 3 is 2.60 bits per heavy atom. The fourth-order valence-corrected chi connectivity index (χ4v) is 4.93. The Kier molecular flexibility index (Phi) is 4.78. The Morgan fingerprint density at radius 2 is 2.00 bits per heavy atom. The molecule has 2 saturated heterocycles. The monoisotopic (exact) mass is 404 g/mol. The molecular weight excluding hydrogens is 383 g/mol. The molecule has 1 aromatic rings. The first-order valence-electron chi connectivity index (χ1n) is 7.65. The van der Waals surface area contributed by atoms with Gasteiger partial charge in [-0.25, -0.2) is 0 Å². The Hall–Kier alpha value is -0.000000000000000111. The van der Waals surface area contributed by atoms with Crippen molar-refractivity contribution in [1.82, 2.24) is 5.32 Å². The summed E-state index contributed by atoms with van der Waals surface area (Å²) in [4.78, 5) is 2.67. The van der Waals surface area contributed by atoms with E-state index < -0.39 is 0 Å². The SMILES string of the molecule is CCCNC1CC2CCC(C1)N2c1ccc(Cl)cc1I. The van der Waals surface area contributed by atoms with Crippen molar-refractivity contribution in [2.75, 3.05) is 11.4 Å². The molecule has 0 radical (unpaired) electrons. The number of nitrogens with one attached hydrogen (secondary N) is 1. The van der Waals surface area contributed by atoms with Crippen molar-refractivity contribution in [3.8, 4) is 0 Å². The highest BCUT2D eigenvalue weighted by Crippen LogP contribution is 2.41. The van der Waals surface area contributed by atoms with Gasteiger partial charge in [-0.2, -0.15) is 0 Å². The number of nitrogens with zero attached hydrogens (tertiary/aromatic N) is 1. The molecule has 2 unspecified atom stereocenters. The summed E-state index contributed by atoms with van der Waals surface area (Å²) in [7, 11) is 0. The highest BCUT2D eigenvalue weighted by Gasteiger charge is 2.41. The van der Waals surface area contributed by atoms with E-state index >= 15 is 0 Å². The predicted molar refractivity (Wildman–Crippen MR) is 94.8 cm³/mol. The maximum absolute atomic E-state index is 6.09. The number of rotatable bonds is 4. The third-order valence-corrected chi connectivity index (χ3v) is 5.70. The summed E-state index contributed by atoms with van der Waals surface area (Å²) in [6.45, 7) is 3.40. The van der Waals surface area contributed by atoms with Gasteiger partial charge in [0, 0.05) is 26.7 Å². The Balaban J connectivity index is 1.76. The minimum atomic E-state index is 0.706. The third-order valence-electron chi connectivity index (χ3n) is 4.60. The molecule has 1 aromatic carbocycles. The second-order valence-electron chi connectivity index (χ2n) is 6.01. The van der Waals surface area contributed by atoms with Crippen LogP contribution in [-0.2, 0) is 0 Å². The van der Waals surface area contributed by atoms with E-state index in [1.807, 2.05) is 6.07 Å². The molecule has 0 aromatic heterocycles. The molecule has 0 saturated carbocycles. The van der Waals surface area contributed by atoms with Crippen molar-refractivity contribution in [3.05, 3.63) is 26.8 Å². The van der Waals surface area contributed by atoms with Crippen LogP contribution in [-0.4, -0.2) is 24.7 Å². The zero-order valence-corrected chi connectivity index (χ0v) is 14.8. The molecule has 2 atom stereocenters. The molecule has 2 aliphatic rings. The second-order valence-corrected chi connectivity index (χ2v) is 7.61. The van der Waals surface area contributed by atoms with Gasteiger partial charge < -0.3 is 10.2 Å². The molecule has 110 valence electrons. The molecule has 0 spiro atoms. The first kappa shape index (κ1) is 14.9. The van der Waals surface area contributed by atoms with Gasteiger partial charge >= 0.3 is 0 Å². The van der Waals surface area contributed by atoms with Crippen LogP contribution in [0.3, 0.4) is 0 Å². The highest BCUT2D eigenvalue weighted by atomic mass is 127. The number of hydrogen-bond donors (Lipinski definition) is 1. The molecule has 2 bridgehead atoms. The van der Waals surface area contributed by atoms with E-state index in [4.69, 9.17) is 11.6 Å². The van der Waals surface area contributed by atoms with Crippen LogP contribution in [0.15, 0.2) is 18.2 Å². The number of anilines is 1. The predicted octanol–water partition coefficient (Wildman–Crippen LogP) is 4.44. The van der Waals surface area contributed by atoms with Gasteiger partial charge in [0.25, 0.3) is 0 Å². The third kappa shape index (κ3) is 2.95. The minimum Gasteiger partial charge on any atom is -0.365 e. The van der Waals surface area contributed by atoms with E-state index in [-0.39, 0.29) is 0 Å². The van der Waals surface area contributed by atoms with Gasteiger partial charge in [-0.1, -0.05) is 18.5 Å². The van der Waals surface area contributed by atoms with Gasteiger partial charge in [0.15, 0.2) is 0 Å². The molecule has 2 aliphatic heterocycles. The maximum Gasteiger partial charge on any atom is 0.0507 e. The standard InChI is InChI=1S/C16H22ClIN2/c1-2-7-19-12-9-13-4-5-14(10-12)20(13)16-6-3-11(17)8-15(16)18/h3,6,8,12-14,19H,2,4-5,7,9-10H2,1H3. The molecule has 4 heteroatoms. The van der Waals surface area contributed by atoms with Gasteiger partial charge in [0.05, 0.1) is 5.69 Å². The smallest absolute Gasteiger partial charge is 0.0507 e. The first-order chi connectivity index (χ1) is 9.69. The quantitative estimate of drug-likeness (QED) is 0.746. The zero-order valence-electron chi connectivity index (χ0n) is 11.9. The van der Waals surface area contributed by atoms with Crippen molar-refractivity contribution >= 4 is 39.9 Å². The molecule has 0 aliphatic carbocycles. The molecule has 0 amide bonds. The summed E-state index contributed by atoms with van der Waals surface area (Å²) >= 11 is 8.51. The Labute approximate surface area is 140 Å². The van der Waals surface area contributed by atoms with Crippen LogP contribution in [0, 0.1) is 3.57 Å². The van der Waals surface area contributed by atoms with Crippen LogP contribution in [0.1, 0.15) is 39.0 Å². The topological polar surface area (TPSA) is 15.3 Å². The molecular formula is C16H22ClIN2. The fraction of sp³-hybridized carbons (Fsp3) is 0.625. The number of fused-ring (bicyclic) bond motifs is 2. The Bertz CT molecular complexity index is 466. The van der Waals surface area contributed by atoms with Crippen molar-refractivity contribution in [3.63, 3.8) is 0 Å². The van der Waals surface area contributed by atoms with Gasteiger partial charge in [-0.3, -0.25) is 0 Å². The number of piperidine rings is 1. The van der Waals surface area contributed by atoms with Gasteiger partial charge in [0.1, 0.15) is 0 Å². The normalized spacial score (nSPS) is 28.9. The summed E-state index contributed by atoms with van der Waals surface area (Å²) in [5, 5.41) is 4.56. The second kappa shape index (κ2) is 6.41. The molecule has 2 fully saturated rings. The van der Waals surface area contributed by atoms with Crippen LogP contribution >= 0.6 is 34.2 Å². The lowest BCUT2D eigenvalue weighted by atomic mass is 9.96. The summed E-state index contributed by atoms with van der Waals surface area (Å²) in [5.41, 5.74) is 1.39. The lowest BCUT2D eigenvalue weighted by molar-refractivity contribution is 0.356. The lowest BCUT2D eigenvalue weighted by Crippen LogP contribution is -2.49. The van der Waals surface area contributed by atoms with Crippen LogP contribution in [0.2, 0.25) is 5.02 Å². The molecule has 1 N–H and O–H groups in total. The van der Waals surface area contributed by atoms with E-state index in [2.05, 4.69) is 51.9 Å². The number of hydrogen-bond acceptors (Lipinski definition) is 2. The summed E-state index contributed by atoms with van der Waals surface area (Å²) in [5.74, 6) is 0. The Morgan fingerprint density at radius 1 is 1.30 bits per heavy atom. The van der Waals surface area contributed by atoms with E-state index in [9.17, 15) is 0 Å². The van der Waals surface area contributed by atoms with Gasteiger partial charge in [0.2, 0.25) is 0 Å². The first-order valence-corrected chi connectivity index (χ1v) is 9.11. The fourth-order valence-electron chi connectivity index (χ4n) is 3.78. The number of halogens is 2. The summed E-state index contributed by atoms with van der Waals surface area (Å²) in [6.07, 6.45) is 6.48. The summed E-state index contributed by atoms with van der Waals surface area (Å²) < 4.78 is 1.28. The van der Waals surface area contributed by atoms with Crippen LogP contribution in [0.5, 0.6) is 0 Å². The van der Waals surface area contributed by atoms with Crippen molar-refractivity contribution in [1.29, 1.82) is 0 Å². The van der Waals surface area contributed by atoms with E-state index in [0.717, 1.165) is 11.6 Å². The lowest BCUT2D eigenvalue weighted by Gasteiger charge is -2.41. The zero-order chi connectivity index (χ0) is 14.1. The van der Waals surface area contributed by atoms with Crippen molar-refractivity contribution in [2.45, 2.75) is 57.2 Å². The molecule has 2 heterocycles. The largest absolute Gasteiger partial charge is 0.365 e. The maximum atomic E-state index is 6.09. The van der Waals surface area contributed by atoms with E-state index in [1.165, 1.54) is 41.4 Å². The molecule has 2 nitrogen and oxygen atoms in total. The van der Waals surface area contributed by atoms with Crippen LogP contribution < -0.4 is 10.2 Å². The van der Waals surface area contributed by atoms with E-state index in [1.54, 1.807) is 0 Å². The average Bonchev–Trinajstić information content (AvgIpc) is 2.68. The van der Waals surface area contributed by atoms with Gasteiger partial charge in [-0.05, 0) is 79.4 Å². The van der Waals surface area contributed by atoms with E-state index in [0.29, 0.717) is 18.1 Å². The van der Waals surface area contributed by atoms with Crippen molar-refractivity contribution < 1.29 is 0 Å². The highest BCUT2D eigenvalue weighted by molar-refractivity contribution is 14.1.